The Labute approximate surface area is 220 Å². The Morgan fingerprint density at radius 3 is 2.03 bits per heavy atom. The van der Waals surface area contributed by atoms with E-state index in [1.165, 1.54) is 0 Å². The van der Waals surface area contributed by atoms with Crippen molar-refractivity contribution in [2.75, 3.05) is 0 Å². The summed E-state index contributed by atoms with van der Waals surface area (Å²) in [6.07, 6.45) is 0. The van der Waals surface area contributed by atoms with E-state index in [0.717, 1.165) is 55.1 Å². The van der Waals surface area contributed by atoms with Crippen LogP contribution in [0.2, 0.25) is 0 Å². The minimum atomic E-state index is -0.0954. The minimum absolute atomic E-state index is 0.0954. The van der Waals surface area contributed by atoms with E-state index in [4.69, 9.17) is 9.97 Å². The highest BCUT2D eigenvalue weighted by Crippen LogP contribution is 2.36. The third-order valence-electron chi connectivity index (χ3n) is 7.81. The summed E-state index contributed by atoms with van der Waals surface area (Å²) in [5.41, 5.74) is 7.12. The molecule has 0 saturated heterocycles. The summed E-state index contributed by atoms with van der Waals surface area (Å²) in [5, 5.41) is 3.75. The molecule has 5 aromatic carbocycles. The molecule has 0 fully saturated rings. The van der Waals surface area contributed by atoms with Gasteiger partial charge in [-0.25, -0.2) is 14.4 Å². The number of hydrogen-bond donors (Lipinski definition) is 0. The molecule has 0 aliphatic rings. The Bertz CT molecular complexity index is 2520. The van der Waals surface area contributed by atoms with Crippen LogP contribution >= 0.6 is 0 Å². The molecule has 0 aliphatic carbocycles. The van der Waals surface area contributed by atoms with Gasteiger partial charge < -0.3 is 4.57 Å². The van der Waals surface area contributed by atoms with Gasteiger partial charge in [0.1, 0.15) is 5.65 Å². The first-order valence-electron chi connectivity index (χ1n) is 12.9. The molecular weight excluding hydrogens is 482 g/mol. The summed E-state index contributed by atoms with van der Waals surface area (Å²) < 4.78 is 6.04. The molecule has 0 N–H and O–H groups in total. The first kappa shape index (κ1) is 20.6. The number of fused-ring (bicyclic) bond motifs is 12. The number of para-hydroxylation sites is 5. The molecule has 4 aromatic heterocycles. The molecule has 0 aliphatic heterocycles. The Morgan fingerprint density at radius 1 is 0.487 bits per heavy atom. The van der Waals surface area contributed by atoms with Gasteiger partial charge in [0.15, 0.2) is 0 Å². The maximum absolute atomic E-state index is 14.1. The molecule has 0 atom stereocenters. The molecule has 6 heteroatoms. The predicted octanol–water partition coefficient (Wildman–Crippen LogP) is 6.90. The topological polar surface area (TPSA) is 56.6 Å². The monoisotopic (exact) mass is 501 g/mol. The summed E-state index contributed by atoms with van der Waals surface area (Å²) in [6, 6.07) is 38.6. The molecule has 4 heterocycles. The lowest BCUT2D eigenvalue weighted by atomic mass is 10.1. The van der Waals surface area contributed by atoms with E-state index in [2.05, 4.69) is 53.1 Å². The van der Waals surface area contributed by atoms with Gasteiger partial charge in [0.05, 0.1) is 38.5 Å². The van der Waals surface area contributed by atoms with Crippen molar-refractivity contribution in [2.45, 2.75) is 0 Å². The van der Waals surface area contributed by atoms with Crippen LogP contribution in [0.15, 0.2) is 120 Å². The SMILES string of the molecule is O=c1c2ccccc2nc2n1c1cc3c(cc1c1nc4ccccc4n12)c1ccccc1n3-c1ccccc1. The van der Waals surface area contributed by atoms with Gasteiger partial charge in [0.2, 0.25) is 5.78 Å². The highest BCUT2D eigenvalue weighted by molar-refractivity contribution is 6.15. The number of hydrogen-bond acceptors (Lipinski definition) is 3. The largest absolute Gasteiger partial charge is 0.309 e. The fourth-order valence-electron chi connectivity index (χ4n) is 6.12. The summed E-state index contributed by atoms with van der Waals surface area (Å²) in [4.78, 5) is 24.2. The predicted molar refractivity (Wildman–Crippen MR) is 157 cm³/mol. The van der Waals surface area contributed by atoms with Crippen molar-refractivity contribution >= 4 is 66.1 Å². The van der Waals surface area contributed by atoms with E-state index in [9.17, 15) is 4.79 Å². The lowest BCUT2D eigenvalue weighted by molar-refractivity contribution is 1.05. The summed E-state index contributed by atoms with van der Waals surface area (Å²) in [7, 11) is 0. The van der Waals surface area contributed by atoms with E-state index in [1.807, 2.05) is 71.1 Å². The third kappa shape index (κ3) is 2.62. The lowest BCUT2D eigenvalue weighted by Crippen LogP contribution is -2.18. The summed E-state index contributed by atoms with van der Waals surface area (Å²) >= 11 is 0. The minimum Gasteiger partial charge on any atom is -0.309 e. The van der Waals surface area contributed by atoms with Gasteiger partial charge in [0.25, 0.3) is 5.56 Å². The van der Waals surface area contributed by atoms with E-state index < -0.39 is 0 Å². The second-order valence-electron chi connectivity index (χ2n) is 9.90. The first-order chi connectivity index (χ1) is 19.3. The fraction of sp³-hybridized carbons (Fsp3) is 0. The maximum atomic E-state index is 14.1. The van der Waals surface area contributed by atoms with Gasteiger partial charge in [-0.05, 0) is 54.6 Å². The Morgan fingerprint density at radius 2 is 1.18 bits per heavy atom. The molecule has 39 heavy (non-hydrogen) atoms. The number of benzene rings is 5. The zero-order chi connectivity index (χ0) is 25.7. The van der Waals surface area contributed by atoms with Crippen LogP contribution in [0, 0.1) is 0 Å². The standard InChI is InChI=1S/C33H19N5O/c39-32-22-13-4-6-14-25(22)35-33-37-28-17-9-7-15-26(28)34-31(37)24-18-23-21-12-5-8-16-27(21)36(20-10-2-1-3-11-20)29(23)19-30(24)38(32)33/h1-19H. The Balaban J connectivity index is 1.61. The number of imidazole rings is 1. The third-order valence-corrected chi connectivity index (χ3v) is 7.81. The van der Waals surface area contributed by atoms with Crippen LogP contribution in [0.4, 0.5) is 0 Å². The number of nitrogens with zero attached hydrogens (tertiary/aromatic N) is 5. The van der Waals surface area contributed by atoms with Gasteiger partial charge in [0, 0.05) is 21.8 Å². The van der Waals surface area contributed by atoms with Crippen molar-refractivity contribution in [3.63, 3.8) is 0 Å². The van der Waals surface area contributed by atoms with E-state index >= 15 is 0 Å². The number of rotatable bonds is 1. The lowest BCUT2D eigenvalue weighted by Gasteiger charge is -2.12. The zero-order valence-corrected chi connectivity index (χ0v) is 20.6. The highest BCUT2D eigenvalue weighted by Gasteiger charge is 2.20. The highest BCUT2D eigenvalue weighted by atomic mass is 16.1. The van der Waals surface area contributed by atoms with Crippen molar-refractivity contribution in [2.24, 2.45) is 0 Å². The van der Waals surface area contributed by atoms with Crippen molar-refractivity contribution in [1.82, 2.24) is 23.3 Å². The normalized spacial score (nSPS) is 12.2. The van der Waals surface area contributed by atoms with Gasteiger partial charge in [-0.1, -0.05) is 60.7 Å². The summed E-state index contributed by atoms with van der Waals surface area (Å²) in [6.45, 7) is 0. The van der Waals surface area contributed by atoms with Gasteiger partial charge in [-0.3, -0.25) is 9.20 Å². The van der Waals surface area contributed by atoms with Crippen molar-refractivity contribution in [1.29, 1.82) is 0 Å². The van der Waals surface area contributed by atoms with Gasteiger partial charge >= 0.3 is 0 Å². The van der Waals surface area contributed by atoms with Crippen LogP contribution in [0.25, 0.3) is 71.8 Å². The van der Waals surface area contributed by atoms with E-state index in [0.29, 0.717) is 16.7 Å². The van der Waals surface area contributed by atoms with E-state index in [-0.39, 0.29) is 5.56 Å². The van der Waals surface area contributed by atoms with Crippen molar-refractivity contribution in [3.05, 3.63) is 126 Å². The zero-order valence-electron chi connectivity index (χ0n) is 20.6. The molecule has 0 saturated carbocycles. The molecule has 0 bridgehead atoms. The quantitative estimate of drug-likeness (QED) is 0.182. The maximum Gasteiger partial charge on any atom is 0.267 e. The molecule has 6 nitrogen and oxygen atoms in total. The Kier molecular flexibility index (Phi) is 3.85. The molecule has 0 unspecified atom stereocenters. The first-order valence-corrected chi connectivity index (χ1v) is 12.9. The molecule has 9 rings (SSSR count). The second kappa shape index (κ2) is 7.30. The molecule has 182 valence electrons. The van der Waals surface area contributed by atoms with Crippen LogP contribution in [-0.4, -0.2) is 23.3 Å². The van der Waals surface area contributed by atoms with Crippen molar-refractivity contribution in [3.8, 4) is 5.69 Å². The molecule has 0 amide bonds. The second-order valence-corrected chi connectivity index (χ2v) is 9.90. The molecule has 0 radical (unpaired) electrons. The van der Waals surface area contributed by atoms with Crippen LogP contribution < -0.4 is 5.56 Å². The van der Waals surface area contributed by atoms with Crippen LogP contribution in [0.5, 0.6) is 0 Å². The average molecular weight is 502 g/mol. The summed E-state index contributed by atoms with van der Waals surface area (Å²) in [5.74, 6) is 0.552. The van der Waals surface area contributed by atoms with Crippen LogP contribution in [0.3, 0.4) is 0 Å². The fourth-order valence-corrected chi connectivity index (χ4v) is 6.12. The van der Waals surface area contributed by atoms with Gasteiger partial charge in [-0.2, -0.15) is 0 Å². The van der Waals surface area contributed by atoms with Crippen LogP contribution in [-0.2, 0) is 0 Å². The molecule has 0 spiro atoms. The smallest absolute Gasteiger partial charge is 0.267 e. The van der Waals surface area contributed by atoms with E-state index in [1.54, 1.807) is 4.40 Å². The van der Waals surface area contributed by atoms with Crippen LogP contribution in [0.1, 0.15) is 0 Å². The molecular formula is C33H19N5O. The molecule has 9 aromatic rings. The Hall–Kier alpha value is -5.49. The number of aromatic nitrogens is 5. The van der Waals surface area contributed by atoms with Gasteiger partial charge in [-0.15, -0.1) is 0 Å². The average Bonchev–Trinajstić information content (AvgIpc) is 3.53. The van der Waals surface area contributed by atoms with Crippen molar-refractivity contribution < 1.29 is 0 Å².